The summed E-state index contributed by atoms with van der Waals surface area (Å²) in [6.45, 7) is 5.34. The van der Waals surface area contributed by atoms with E-state index in [0.29, 0.717) is 17.4 Å². The normalized spacial score (nSPS) is 20.1. The van der Waals surface area contributed by atoms with Gasteiger partial charge < -0.3 is 15.2 Å². The Kier molecular flexibility index (Phi) is 4.12. The maximum absolute atomic E-state index is 10.3. The van der Waals surface area contributed by atoms with Crippen LogP contribution < -0.4 is 10.1 Å². The van der Waals surface area contributed by atoms with E-state index >= 15 is 0 Å². The van der Waals surface area contributed by atoms with Crippen molar-refractivity contribution in [1.82, 2.24) is 5.32 Å². The standard InChI is InChI=1S/C15H23NO2/c1-10(2)11-8-12(13-6-4-5-7-16-13)15(17)14(9-11)18-3/h8-10,13,16-17H,4-7H2,1-3H3. The lowest BCUT2D eigenvalue weighted by molar-refractivity contribution is 0.354. The van der Waals surface area contributed by atoms with E-state index < -0.39 is 0 Å². The molecule has 18 heavy (non-hydrogen) atoms. The van der Waals surface area contributed by atoms with E-state index in [1.165, 1.54) is 18.4 Å². The van der Waals surface area contributed by atoms with E-state index in [2.05, 4.69) is 25.2 Å². The van der Waals surface area contributed by atoms with E-state index in [9.17, 15) is 5.11 Å². The second kappa shape index (κ2) is 5.61. The van der Waals surface area contributed by atoms with Crippen molar-refractivity contribution in [3.63, 3.8) is 0 Å². The summed E-state index contributed by atoms with van der Waals surface area (Å²) in [6.07, 6.45) is 3.52. The molecule has 2 rings (SSSR count). The monoisotopic (exact) mass is 249 g/mol. The second-order valence-corrected chi connectivity index (χ2v) is 5.32. The zero-order valence-electron chi connectivity index (χ0n) is 11.5. The van der Waals surface area contributed by atoms with Crippen LogP contribution in [0.1, 0.15) is 56.2 Å². The molecule has 0 aliphatic carbocycles. The average Bonchev–Trinajstić information content (AvgIpc) is 2.39. The van der Waals surface area contributed by atoms with E-state index in [0.717, 1.165) is 18.5 Å². The third-order valence-electron chi connectivity index (χ3n) is 3.70. The van der Waals surface area contributed by atoms with Gasteiger partial charge in [0.25, 0.3) is 0 Å². The highest BCUT2D eigenvalue weighted by atomic mass is 16.5. The number of phenolic OH excluding ortho intramolecular Hbond substituents is 1. The van der Waals surface area contributed by atoms with E-state index in [1.54, 1.807) is 7.11 Å². The number of rotatable bonds is 3. The SMILES string of the molecule is COc1cc(C(C)C)cc(C2CCCCN2)c1O. The molecule has 3 heteroatoms. The second-order valence-electron chi connectivity index (χ2n) is 5.32. The molecule has 1 unspecified atom stereocenters. The molecular formula is C15H23NO2. The molecule has 1 heterocycles. The zero-order valence-corrected chi connectivity index (χ0v) is 11.5. The van der Waals surface area contributed by atoms with Gasteiger partial charge in [-0.15, -0.1) is 0 Å². The number of aromatic hydroxyl groups is 1. The maximum Gasteiger partial charge on any atom is 0.162 e. The van der Waals surface area contributed by atoms with Crippen molar-refractivity contribution < 1.29 is 9.84 Å². The topological polar surface area (TPSA) is 41.5 Å². The minimum atomic E-state index is 0.256. The fraction of sp³-hybridized carbons (Fsp3) is 0.600. The third kappa shape index (κ3) is 2.61. The Hall–Kier alpha value is -1.22. The molecule has 0 bridgehead atoms. The number of benzene rings is 1. The van der Waals surface area contributed by atoms with Crippen LogP contribution in [0.4, 0.5) is 0 Å². The van der Waals surface area contributed by atoms with Crippen LogP contribution in [0.15, 0.2) is 12.1 Å². The van der Waals surface area contributed by atoms with Crippen LogP contribution in [0, 0.1) is 0 Å². The molecule has 1 saturated heterocycles. The molecule has 1 aliphatic heterocycles. The van der Waals surface area contributed by atoms with Gasteiger partial charge in [0.05, 0.1) is 7.11 Å². The van der Waals surface area contributed by atoms with Crippen molar-refractivity contribution in [2.45, 2.75) is 45.1 Å². The molecule has 0 amide bonds. The summed E-state index contributed by atoms with van der Waals surface area (Å²) in [7, 11) is 1.61. The highest BCUT2D eigenvalue weighted by Crippen LogP contribution is 2.39. The molecule has 100 valence electrons. The lowest BCUT2D eigenvalue weighted by Gasteiger charge is -2.26. The molecule has 1 aliphatic rings. The summed E-state index contributed by atoms with van der Waals surface area (Å²) >= 11 is 0. The number of hydrogen-bond acceptors (Lipinski definition) is 3. The van der Waals surface area contributed by atoms with E-state index in [4.69, 9.17) is 4.74 Å². The van der Waals surface area contributed by atoms with Crippen LogP contribution in [0.3, 0.4) is 0 Å². The van der Waals surface area contributed by atoms with Gasteiger partial charge in [0.2, 0.25) is 0 Å². The quantitative estimate of drug-likeness (QED) is 0.863. The molecule has 1 fully saturated rings. The van der Waals surface area contributed by atoms with Gasteiger partial charge in [-0.25, -0.2) is 0 Å². The first-order chi connectivity index (χ1) is 8.63. The molecule has 1 aromatic rings. The number of methoxy groups -OCH3 is 1. The molecule has 3 nitrogen and oxygen atoms in total. The molecule has 0 spiro atoms. The van der Waals surface area contributed by atoms with Gasteiger partial charge in [0, 0.05) is 11.6 Å². The first-order valence-corrected chi connectivity index (χ1v) is 6.77. The maximum atomic E-state index is 10.3. The summed E-state index contributed by atoms with van der Waals surface area (Å²) in [5, 5.41) is 13.8. The Labute approximate surface area is 109 Å². The van der Waals surface area contributed by atoms with Gasteiger partial charge in [-0.2, -0.15) is 0 Å². The highest BCUT2D eigenvalue weighted by molar-refractivity contribution is 5.50. The Morgan fingerprint density at radius 1 is 1.33 bits per heavy atom. The first-order valence-electron chi connectivity index (χ1n) is 6.77. The van der Waals surface area contributed by atoms with Crippen molar-refractivity contribution in [3.8, 4) is 11.5 Å². The fourth-order valence-electron chi connectivity index (χ4n) is 2.52. The zero-order chi connectivity index (χ0) is 13.1. The Morgan fingerprint density at radius 3 is 2.67 bits per heavy atom. The molecule has 2 N–H and O–H groups in total. The Balaban J connectivity index is 2.40. The number of nitrogens with one attached hydrogen (secondary N) is 1. The first kappa shape index (κ1) is 13.2. The predicted molar refractivity (Wildman–Crippen MR) is 73.3 cm³/mol. The summed E-state index contributed by atoms with van der Waals surface area (Å²) in [5.41, 5.74) is 2.20. The lowest BCUT2D eigenvalue weighted by Crippen LogP contribution is -2.27. The van der Waals surface area contributed by atoms with E-state index in [1.807, 2.05) is 6.07 Å². The number of phenols is 1. The number of hydrogen-bond donors (Lipinski definition) is 2. The van der Waals surface area contributed by atoms with E-state index in [-0.39, 0.29) is 6.04 Å². The molecule has 0 aromatic heterocycles. The predicted octanol–water partition coefficient (Wildman–Crippen LogP) is 3.34. The Morgan fingerprint density at radius 2 is 2.11 bits per heavy atom. The van der Waals surface area contributed by atoms with Crippen LogP contribution in [0.5, 0.6) is 11.5 Å². The number of ether oxygens (including phenoxy) is 1. The lowest BCUT2D eigenvalue weighted by atomic mass is 9.92. The van der Waals surface area contributed by atoms with Crippen molar-refractivity contribution in [1.29, 1.82) is 0 Å². The third-order valence-corrected chi connectivity index (χ3v) is 3.70. The summed E-state index contributed by atoms with van der Waals surface area (Å²) in [5.74, 6) is 1.31. The molecule has 1 aromatic carbocycles. The highest BCUT2D eigenvalue weighted by Gasteiger charge is 2.21. The molecule has 1 atom stereocenters. The minimum Gasteiger partial charge on any atom is -0.504 e. The van der Waals surface area contributed by atoms with Gasteiger partial charge in [0.15, 0.2) is 11.5 Å². The molecular weight excluding hydrogens is 226 g/mol. The summed E-state index contributed by atoms with van der Waals surface area (Å²) in [4.78, 5) is 0. The largest absolute Gasteiger partial charge is 0.504 e. The fourth-order valence-corrected chi connectivity index (χ4v) is 2.52. The van der Waals surface area contributed by atoms with Crippen LogP contribution >= 0.6 is 0 Å². The minimum absolute atomic E-state index is 0.256. The average molecular weight is 249 g/mol. The van der Waals surface area contributed by atoms with Crippen LogP contribution in [0.2, 0.25) is 0 Å². The van der Waals surface area contributed by atoms with Crippen molar-refractivity contribution in [2.75, 3.05) is 13.7 Å². The molecule has 0 saturated carbocycles. The van der Waals surface area contributed by atoms with Crippen LogP contribution in [-0.4, -0.2) is 18.8 Å². The smallest absolute Gasteiger partial charge is 0.162 e. The summed E-state index contributed by atoms with van der Waals surface area (Å²) in [6, 6.07) is 4.31. The van der Waals surface area contributed by atoms with Crippen LogP contribution in [0.25, 0.3) is 0 Å². The van der Waals surface area contributed by atoms with Gasteiger partial charge in [-0.3, -0.25) is 0 Å². The van der Waals surface area contributed by atoms with Crippen molar-refractivity contribution in [3.05, 3.63) is 23.3 Å². The van der Waals surface area contributed by atoms with Gasteiger partial charge in [-0.1, -0.05) is 20.3 Å². The molecule has 0 radical (unpaired) electrons. The van der Waals surface area contributed by atoms with Gasteiger partial charge in [-0.05, 0) is 43.0 Å². The van der Waals surface area contributed by atoms with Crippen LogP contribution in [-0.2, 0) is 0 Å². The van der Waals surface area contributed by atoms with Crippen molar-refractivity contribution in [2.24, 2.45) is 0 Å². The van der Waals surface area contributed by atoms with Gasteiger partial charge >= 0.3 is 0 Å². The number of piperidine rings is 1. The summed E-state index contributed by atoms with van der Waals surface area (Å²) < 4.78 is 5.29. The Bertz CT molecular complexity index is 409. The van der Waals surface area contributed by atoms with Gasteiger partial charge in [0.1, 0.15) is 0 Å². The van der Waals surface area contributed by atoms with Crippen molar-refractivity contribution >= 4 is 0 Å².